The van der Waals surface area contributed by atoms with E-state index in [1.54, 1.807) is 4.57 Å². The minimum Gasteiger partial charge on any atom is -0.349 e. The molecule has 2 rings (SSSR count). The highest BCUT2D eigenvalue weighted by Gasteiger charge is 2.31. The van der Waals surface area contributed by atoms with Gasteiger partial charge in [0.1, 0.15) is 0 Å². The van der Waals surface area contributed by atoms with Crippen LogP contribution in [0.5, 0.6) is 0 Å². The maximum atomic E-state index is 12.2. The third kappa shape index (κ3) is 3.22. The van der Waals surface area contributed by atoms with Gasteiger partial charge in [-0.3, -0.25) is 0 Å². The van der Waals surface area contributed by atoms with Gasteiger partial charge >= 0.3 is 0 Å². The van der Waals surface area contributed by atoms with Crippen LogP contribution in [0.1, 0.15) is 19.0 Å². The zero-order valence-electron chi connectivity index (χ0n) is 11.2. The van der Waals surface area contributed by atoms with Crippen LogP contribution in [0.4, 0.5) is 0 Å². The van der Waals surface area contributed by atoms with Crippen molar-refractivity contribution in [1.29, 1.82) is 0 Å². The first-order valence-corrected chi connectivity index (χ1v) is 9.69. The van der Waals surface area contributed by atoms with Crippen LogP contribution in [0.2, 0.25) is 0 Å². The Kier molecular flexibility index (Phi) is 4.24. The number of nitrogens with two attached hydrogens (primary N) is 1. The van der Waals surface area contributed by atoms with E-state index in [2.05, 4.69) is 4.72 Å². The smallest absolute Gasteiger partial charge is 0.242 e. The van der Waals surface area contributed by atoms with E-state index in [0.29, 0.717) is 13.0 Å². The second kappa shape index (κ2) is 5.47. The van der Waals surface area contributed by atoms with Crippen molar-refractivity contribution in [2.75, 3.05) is 11.5 Å². The molecule has 0 saturated carbocycles. The fourth-order valence-corrected chi connectivity index (χ4v) is 5.43. The van der Waals surface area contributed by atoms with Gasteiger partial charge in [0.2, 0.25) is 10.0 Å². The highest BCUT2D eigenvalue weighted by molar-refractivity contribution is 7.92. The molecule has 0 bridgehead atoms. The summed E-state index contributed by atoms with van der Waals surface area (Å²) in [6.45, 7) is 2.77. The second-order valence-electron chi connectivity index (χ2n) is 4.88. The summed E-state index contributed by atoms with van der Waals surface area (Å²) in [6.07, 6.45) is 1.84. The van der Waals surface area contributed by atoms with Gasteiger partial charge in [-0.25, -0.2) is 21.6 Å². The van der Waals surface area contributed by atoms with Crippen LogP contribution in [0.15, 0.2) is 17.2 Å². The molecule has 9 heteroatoms. The summed E-state index contributed by atoms with van der Waals surface area (Å²) in [4.78, 5) is 0.129. The molecule has 20 heavy (non-hydrogen) atoms. The molecule has 1 fully saturated rings. The maximum absolute atomic E-state index is 12.2. The lowest BCUT2D eigenvalue weighted by Gasteiger charge is -2.10. The van der Waals surface area contributed by atoms with Gasteiger partial charge in [0.15, 0.2) is 9.84 Å². The molecule has 0 spiro atoms. The fourth-order valence-electron chi connectivity index (χ4n) is 2.31. The van der Waals surface area contributed by atoms with Gasteiger partial charge in [0, 0.05) is 31.0 Å². The van der Waals surface area contributed by atoms with Gasteiger partial charge in [-0.05, 0) is 19.4 Å². The Morgan fingerprint density at radius 2 is 2.20 bits per heavy atom. The number of nitrogens with zero attached hydrogens (tertiary/aromatic N) is 1. The van der Waals surface area contributed by atoms with Gasteiger partial charge < -0.3 is 10.3 Å². The highest BCUT2D eigenvalue weighted by Crippen LogP contribution is 2.18. The topological polar surface area (TPSA) is 111 Å². The van der Waals surface area contributed by atoms with Gasteiger partial charge in [0.05, 0.1) is 16.4 Å². The van der Waals surface area contributed by atoms with Crippen molar-refractivity contribution in [3.63, 3.8) is 0 Å². The summed E-state index contributed by atoms with van der Waals surface area (Å²) in [5.41, 5.74) is 6.30. The minimum atomic E-state index is -3.71. The Balaban J connectivity index is 2.21. The second-order valence-corrected chi connectivity index (χ2v) is 8.82. The van der Waals surface area contributed by atoms with E-state index in [9.17, 15) is 16.8 Å². The van der Waals surface area contributed by atoms with Crippen molar-refractivity contribution in [2.45, 2.75) is 37.4 Å². The summed E-state index contributed by atoms with van der Waals surface area (Å²) >= 11 is 0. The van der Waals surface area contributed by atoms with Gasteiger partial charge in [-0.2, -0.15) is 0 Å². The molecule has 1 unspecified atom stereocenters. The molecule has 1 saturated heterocycles. The van der Waals surface area contributed by atoms with E-state index in [0.717, 1.165) is 5.69 Å². The van der Waals surface area contributed by atoms with E-state index >= 15 is 0 Å². The molecule has 114 valence electrons. The molecule has 1 aliphatic rings. The van der Waals surface area contributed by atoms with E-state index in [1.165, 1.54) is 12.3 Å². The molecule has 0 radical (unpaired) electrons. The molecule has 3 N–H and O–H groups in total. The molecular weight excluding hydrogens is 302 g/mol. The van der Waals surface area contributed by atoms with E-state index in [4.69, 9.17) is 5.73 Å². The van der Waals surface area contributed by atoms with Crippen molar-refractivity contribution in [2.24, 2.45) is 5.73 Å². The standard InChI is InChI=1S/C11H19N3O4S2/c1-2-14-7-11(5-10(14)6-12)20(17,18)13-9-3-4-19(15,16)8-9/h5,7,9,13H,2-4,6,8,12H2,1H3. The molecule has 1 aromatic rings. The Bertz CT molecular complexity index is 670. The molecule has 0 amide bonds. The van der Waals surface area contributed by atoms with Crippen molar-refractivity contribution >= 4 is 19.9 Å². The average molecular weight is 321 g/mol. The minimum absolute atomic E-state index is 0.0320. The number of nitrogens with one attached hydrogen (secondary N) is 1. The highest BCUT2D eigenvalue weighted by atomic mass is 32.2. The van der Waals surface area contributed by atoms with Crippen molar-refractivity contribution in [3.05, 3.63) is 18.0 Å². The largest absolute Gasteiger partial charge is 0.349 e. The number of hydrogen-bond donors (Lipinski definition) is 2. The zero-order chi connectivity index (χ0) is 15.0. The molecule has 0 aromatic carbocycles. The van der Waals surface area contributed by atoms with Gasteiger partial charge in [-0.15, -0.1) is 0 Å². The van der Waals surface area contributed by atoms with Gasteiger partial charge in [-0.1, -0.05) is 0 Å². The quantitative estimate of drug-likeness (QED) is 0.754. The van der Waals surface area contributed by atoms with Crippen molar-refractivity contribution < 1.29 is 16.8 Å². The van der Waals surface area contributed by atoms with Crippen LogP contribution in [0, 0.1) is 0 Å². The summed E-state index contributed by atoms with van der Waals surface area (Å²) in [7, 11) is -6.82. The predicted octanol–water partition coefficient (Wildman–Crippen LogP) is -0.568. The Morgan fingerprint density at radius 3 is 2.65 bits per heavy atom. The lowest BCUT2D eigenvalue weighted by molar-refractivity contribution is 0.562. The van der Waals surface area contributed by atoms with Crippen LogP contribution in [0.25, 0.3) is 0 Å². The first-order valence-electron chi connectivity index (χ1n) is 6.39. The Labute approximate surface area is 119 Å². The third-order valence-electron chi connectivity index (χ3n) is 3.38. The van der Waals surface area contributed by atoms with Crippen LogP contribution < -0.4 is 10.5 Å². The fraction of sp³-hybridized carbons (Fsp3) is 0.636. The van der Waals surface area contributed by atoms with E-state index in [1.807, 2.05) is 6.92 Å². The predicted molar refractivity (Wildman–Crippen MR) is 75.4 cm³/mol. The number of sulfone groups is 1. The number of aromatic nitrogens is 1. The number of rotatable bonds is 5. The van der Waals surface area contributed by atoms with E-state index in [-0.39, 0.29) is 22.9 Å². The lowest BCUT2D eigenvalue weighted by Crippen LogP contribution is -2.35. The Morgan fingerprint density at radius 1 is 1.50 bits per heavy atom. The van der Waals surface area contributed by atoms with Crippen molar-refractivity contribution in [3.8, 4) is 0 Å². The van der Waals surface area contributed by atoms with Crippen LogP contribution in [-0.4, -0.2) is 39.0 Å². The summed E-state index contributed by atoms with van der Waals surface area (Å²) in [5.74, 6) is -0.103. The summed E-state index contributed by atoms with van der Waals surface area (Å²) in [5, 5.41) is 0. The van der Waals surface area contributed by atoms with Crippen LogP contribution in [-0.2, 0) is 33.0 Å². The van der Waals surface area contributed by atoms with Crippen LogP contribution in [0.3, 0.4) is 0 Å². The van der Waals surface area contributed by atoms with Crippen LogP contribution >= 0.6 is 0 Å². The number of hydrogen-bond acceptors (Lipinski definition) is 5. The zero-order valence-corrected chi connectivity index (χ0v) is 12.9. The SMILES string of the molecule is CCn1cc(S(=O)(=O)NC2CCS(=O)(=O)C2)cc1CN. The average Bonchev–Trinajstić information content (AvgIpc) is 2.92. The first-order chi connectivity index (χ1) is 9.27. The molecule has 1 atom stereocenters. The summed E-state index contributed by atoms with van der Waals surface area (Å²) < 4.78 is 51.4. The van der Waals surface area contributed by atoms with Gasteiger partial charge in [0.25, 0.3) is 0 Å². The number of sulfonamides is 1. The number of aryl methyl sites for hydroxylation is 1. The lowest BCUT2D eigenvalue weighted by atomic mass is 10.3. The van der Waals surface area contributed by atoms with E-state index < -0.39 is 25.9 Å². The third-order valence-corrected chi connectivity index (χ3v) is 6.63. The monoisotopic (exact) mass is 321 g/mol. The molecule has 0 aliphatic carbocycles. The molecule has 7 nitrogen and oxygen atoms in total. The first kappa shape index (κ1) is 15.5. The molecule has 2 heterocycles. The Hall–Kier alpha value is -0.900. The maximum Gasteiger partial charge on any atom is 0.242 e. The summed E-state index contributed by atoms with van der Waals surface area (Å²) in [6, 6.07) is 0.978. The molecule has 1 aromatic heterocycles. The van der Waals surface area contributed by atoms with Crippen molar-refractivity contribution in [1.82, 2.24) is 9.29 Å². The molecule has 1 aliphatic heterocycles. The molecular formula is C11H19N3O4S2. The normalized spacial score (nSPS) is 22.2.